The summed E-state index contributed by atoms with van der Waals surface area (Å²) in [6.45, 7) is 5.68. The van der Waals surface area contributed by atoms with E-state index >= 15 is 4.39 Å². The zero-order valence-corrected chi connectivity index (χ0v) is 22.8. The molecule has 3 heterocycles. The Labute approximate surface area is 240 Å². The first-order valence-corrected chi connectivity index (χ1v) is 13.2. The molecule has 10 nitrogen and oxygen atoms in total. The minimum absolute atomic E-state index is 0.0247. The van der Waals surface area contributed by atoms with Crippen LogP contribution in [0.3, 0.4) is 0 Å². The number of carbonyl (C=O) groups excluding carboxylic acids is 1. The van der Waals surface area contributed by atoms with Crippen molar-refractivity contribution in [2.24, 2.45) is 13.0 Å². The summed E-state index contributed by atoms with van der Waals surface area (Å²) in [5, 5.41) is 13.5. The largest absolute Gasteiger partial charge is 0.421 e. The number of nitrogens with zero attached hydrogens (tertiary/aromatic N) is 6. The van der Waals surface area contributed by atoms with Gasteiger partial charge in [-0.25, -0.2) is 24.3 Å². The normalized spacial score (nSPS) is 12.6. The second-order valence-corrected chi connectivity index (χ2v) is 10.1. The quantitative estimate of drug-likeness (QED) is 0.242. The highest BCUT2D eigenvalue weighted by Gasteiger charge is 2.29. The molecule has 0 atom stereocenters. The first kappa shape index (κ1) is 26.6. The number of hydrogen-bond donors (Lipinski definition) is 2. The Kier molecular flexibility index (Phi) is 6.59. The molecule has 1 fully saturated rings. The van der Waals surface area contributed by atoms with Gasteiger partial charge in [-0.15, -0.1) is 0 Å². The third kappa shape index (κ3) is 4.79. The molecular weight excluding hydrogens is 535 g/mol. The van der Waals surface area contributed by atoms with Crippen LogP contribution in [0, 0.1) is 30.0 Å². The van der Waals surface area contributed by atoms with Gasteiger partial charge in [0.15, 0.2) is 11.6 Å². The van der Waals surface area contributed by atoms with E-state index in [1.54, 1.807) is 48.9 Å². The van der Waals surface area contributed by atoms with Gasteiger partial charge in [0, 0.05) is 41.3 Å². The van der Waals surface area contributed by atoms with Crippen LogP contribution in [-0.4, -0.2) is 30.4 Å². The summed E-state index contributed by atoms with van der Waals surface area (Å²) in [5.74, 6) is -0.555. The third-order valence-electron chi connectivity index (χ3n) is 7.21. The fraction of sp³-hybridized carbons (Fsp3) is 0.161. The number of nitriles is 1. The number of nitrogens with one attached hydrogen (secondary N) is 1. The van der Waals surface area contributed by atoms with Gasteiger partial charge in [0.25, 0.3) is 5.91 Å². The number of aryl methyl sites for hydroxylation is 2. The van der Waals surface area contributed by atoms with E-state index in [1.165, 1.54) is 24.7 Å². The fourth-order valence-corrected chi connectivity index (χ4v) is 4.93. The number of aromatic nitrogens is 5. The number of benzene rings is 2. The molecule has 2 aromatic carbocycles. The molecule has 6 rings (SSSR count). The molecule has 1 amide bonds. The number of nitrogen functional groups attached to an aromatic ring is 1. The second-order valence-electron chi connectivity index (χ2n) is 10.1. The Bertz CT molecular complexity index is 1960. The maximum absolute atomic E-state index is 15.5. The predicted molar refractivity (Wildman–Crippen MR) is 156 cm³/mol. The van der Waals surface area contributed by atoms with Crippen LogP contribution in [0.1, 0.15) is 24.1 Å². The third-order valence-corrected chi connectivity index (χ3v) is 7.21. The number of nitrogens with two attached hydrogens (primary N) is 1. The summed E-state index contributed by atoms with van der Waals surface area (Å²) in [4.78, 5) is 29.4. The van der Waals surface area contributed by atoms with Crippen molar-refractivity contribution in [2.45, 2.75) is 19.8 Å². The molecule has 3 aromatic heterocycles. The molecule has 0 aliphatic heterocycles. The van der Waals surface area contributed by atoms with Crippen molar-refractivity contribution in [3.8, 4) is 40.2 Å². The molecule has 0 spiro atoms. The van der Waals surface area contributed by atoms with E-state index < -0.39 is 5.82 Å². The lowest BCUT2D eigenvalue weighted by molar-refractivity contribution is -0.113. The highest BCUT2D eigenvalue weighted by molar-refractivity contribution is 6.09. The van der Waals surface area contributed by atoms with Crippen molar-refractivity contribution in [3.05, 3.63) is 84.2 Å². The standard InChI is InChI=1S/C31H25FN8O2/c1-16-10-11-35-31(38-16)42-24-9-6-19(13-23(24)32)25-26-28(34)36-15-37-29(26)40(3)27(25)22-8-7-21(12-20(22)14-33)39-30(41)17(2)18-4-5-18/h6-13,15,18H,2,4-5H2,1,3H3,(H,39,41)(H2,34,36,37). The number of hydrogen-bond acceptors (Lipinski definition) is 8. The monoisotopic (exact) mass is 560 g/mol. The van der Waals surface area contributed by atoms with Crippen molar-refractivity contribution in [1.29, 1.82) is 5.26 Å². The minimum atomic E-state index is -0.648. The SMILES string of the molecule is C=C(C(=O)Nc1ccc(-c2c(-c3ccc(Oc4nccc(C)n4)c(F)c3)c3c(N)ncnc3n2C)c(C#N)c1)C1CC1. The zero-order chi connectivity index (χ0) is 29.5. The van der Waals surface area contributed by atoms with Crippen LogP contribution in [0.25, 0.3) is 33.4 Å². The van der Waals surface area contributed by atoms with Crippen LogP contribution in [0.4, 0.5) is 15.9 Å². The van der Waals surface area contributed by atoms with E-state index in [0.717, 1.165) is 12.8 Å². The highest BCUT2D eigenvalue weighted by Crippen LogP contribution is 2.44. The minimum Gasteiger partial charge on any atom is -0.421 e. The van der Waals surface area contributed by atoms with E-state index in [2.05, 4.69) is 37.9 Å². The molecule has 3 N–H and O–H groups in total. The molecule has 0 saturated heterocycles. The van der Waals surface area contributed by atoms with Gasteiger partial charge in [-0.3, -0.25) is 4.79 Å². The van der Waals surface area contributed by atoms with E-state index in [1.807, 2.05) is 0 Å². The predicted octanol–water partition coefficient (Wildman–Crippen LogP) is 5.69. The lowest BCUT2D eigenvalue weighted by atomic mass is 9.95. The van der Waals surface area contributed by atoms with E-state index in [4.69, 9.17) is 10.5 Å². The van der Waals surface area contributed by atoms with Gasteiger partial charge in [-0.1, -0.05) is 12.6 Å². The Morgan fingerprint density at radius 3 is 2.71 bits per heavy atom. The number of halogens is 1. The first-order chi connectivity index (χ1) is 20.2. The fourth-order valence-electron chi connectivity index (χ4n) is 4.93. The Morgan fingerprint density at radius 1 is 1.19 bits per heavy atom. The summed E-state index contributed by atoms with van der Waals surface area (Å²) < 4.78 is 22.8. The van der Waals surface area contributed by atoms with Crippen molar-refractivity contribution in [2.75, 3.05) is 11.1 Å². The van der Waals surface area contributed by atoms with Crippen molar-refractivity contribution in [3.63, 3.8) is 0 Å². The zero-order valence-electron chi connectivity index (χ0n) is 22.8. The maximum Gasteiger partial charge on any atom is 0.322 e. The van der Waals surface area contributed by atoms with E-state index in [-0.39, 0.29) is 29.4 Å². The van der Waals surface area contributed by atoms with Gasteiger partial charge in [0.2, 0.25) is 0 Å². The summed E-state index contributed by atoms with van der Waals surface area (Å²) in [6, 6.07) is 13.5. The molecule has 1 saturated carbocycles. The number of ether oxygens (including phenoxy) is 1. The first-order valence-electron chi connectivity index (χ1n) is 13.2. The number of amides is 1. The molecule has 5 aromatic rings. The van der Waals surface area contributed by atoms with Gasteiger partial charge < -0.3 is 20.4 Å². The molecule has 0 bridgehead atoms. The Hall–Kier alpha value is -5.63. The van der Waals surface area contributed by atoms with E-state index in [0.29, 0.717) is 55.9 Å². The molecule has 1 aliphatic rings. The lowest BCUT2D eigenvalue weighted by Crippen LogP contribution is -2.15. The number of rotatable bonds is 7. The van der Waals surface area contributed by atoms with Crippen molar-refractivity contribution >= 4 is 28.4 Å². The summed E-state index contributed by atoms with van der Waals surface area (Å²) in [6.07, 6.45) is 4.79. The summed E-state index contributed by atoms with van der Waals surface area (Å²) in [5.41, 5.74) is 10.9. The van der Waals surface area contributed by atoms with Crippen LogP contribution in [0.5, 0.6) is 11.8 Å². The summed E-state index contributed by atoms with van der Waals surface area (Å²) >= 11 is 0. The molecular formula is C31H25FN8O2. The smallest absolute Gasteiger partial charge is 0.322 e. The van der Waals surface area contributed by atoms with Gasteiger partial charge in [0.05, 0.1) is 22.7 Å². The number of anilines is 2. The maximum atomic E-state index is 15.5. The summed E-state index contributed by atoms with van der Waals surface area (Å²) in [7, 11) is 1.78. The molecule has 1 aliphatic carbocycles. The molecule has 208 valence electrons. The Morgan fingerprint density at radius 2 is 2.00 bits per heavy atom. The Balaban J connectivity index is 1.46. The van der Waals surface area contributed by atoms with Crippen LogP contribution >= 0.6 is 0 Å². The van der Waals surface area contributed by atoms with Crippen LogP contribution < -0.4 is 15.8 Å². The second kappa shape index (κ2) is 10.4. The number of carbonyl (C=O) groups is 1. The van der Waals surface area contributed by atoms with Gasteiger partial charge >= 0.3 is 6.01 Å². The lowest BCUT2D eigenvalue weighted by Gasteiger charge is -2.13. The molecule has 11 heteroatoms. The topological polar surface area (TPSA) is 145 Å². The molecule has 42 heavy (non-hydrogen) atoms. The van der Waals surface area contributed by atoms with Gasteiger partial charge in [-0.2, -0.15) is 5.26 Å². The van der Waals surface area contributed by atoms with Gasteiger partial charge in [-0.05, 0) is 67.6 Å². The van der Waals surface area contributed by atoms with Crippen molar-refractivity contribution in [1.82, 2.24) is 24.5 Å². The van der Waals surface area contributed by atoms with Crippen LogP contribution in [0.15, 0.2) is 67.1 Å². The molecule has 0 unspecified atom stereocenters. The van der Waals surface area contributed by atoms with Gasteiger partial charge in [0.1, 0.15) is 17.8 Å². The van der Waals surface area contributed by atoms with Crippen molar-refractivity contribution < 1.29 is 13.9 Å². The van der Waals surface area contributed by atoms with E-state index in [9.17, 15) is 10.1 Å². The average Bonchev–Trinajstić information content (AvgIpc) is 3.78. The number of fused-ring (bicyclic) bond motifs is 1. The highest BCUT2D eigenvalue weighted by atomic mass is 19.1. The van der Waals surface area contributed by atoms with Crippen LogP contribution in [0.2, 0.25) is 0 Å². The molecule has 0 radical (unpaired) electrons. The average molecular weight is 561 g/mol. The van der Waals surface area contributed by atoms with Crippen LogP contribution in [-0.2, 0) is 11.8 Å².